The van der Waals surface area contributed by atoms with Gasteiger partial charge < -0.3 is 15.6 Å². The minimum absolute atomic E-state index is 0.00465. The smallest absolute Gasteiger partial charge is 0.123 e. The summed E-state index contributed by atoms with van der Waals surface area (Å²) in [5.41, 5.74) is 7.89. The summed E-state index contributed by atoms with van der Waals surface area (Å²) in [7, 11) is 0. The zero-order valence-corrected chi connectivity index (χ0v) is 13.5. The number of hydrogen-bond donors (Lipinski definition) is 2. The van der Waals surface area contributed by atoms with Crippen LogP contribution in [0.1, 0.15) is 51.7 Å². The van der Waals surface area contributed by atoms with E-state index in [4.69, 9.17) is 15.6 Å². The van der Waals surface area contributed by atoms with Gasteiger partial charge in [-0.15, -0.1) is 0 Å². The van der Waals surface area contributed by atoms with Gasteiger partial charge in [0.15, 0.2) is 0 Å². The predicted octanol–water partition coefficient (Wildman–Crippen LogP) is 3.16. The molecule has 0 saturated carbocycles. The fourth-order valence-electron chi connectivity index (χ4n) is 2.11. The lowest BCUT2D eigenvalue weighted by Crippen LogP contribution is -2.40. The van der Waals surface area contributed by atoms with Gasteiger partial charge in [0.25, 0.3) is 0 Å². The average molecular weight is 279 g/mol. The lowest BCUT2D eigenvalue weighted by atomic mass is 9.86. The number of aryl methyl sites for hydroxylation is 1. The van der Waals surface area contributed by atoms with Crippen LogP contribution in [0.2, 0.25) is 0 Å². The number of aliphatic hydroxyl groups is 1. The fraction of sp³-hybridized carbons (Fsp3) is 0.647. The minimum atomic E-state index is -0.511. The summed E-state index contributed by atoms with van der Waals surface area (Å²) in [6.07, 6.45) is 1.59. The Balaban J connectivity index is 2.66. The normalized spacial score (nSPS) is 14.9. The molecule has 1 aromatic carbocycles. The summed E-state index contributed by atoms with van der Waals surface area (Å²) < 4.78 is 5.95. The van der Waals surface area contributed by atoms with Crippen LogP contribution in [0.5, 0.6) is 5.75 Å². The summed E-state index contributed by atoms with van der Waals surface area (Å²) >= 11 is 0. The molecule has 1 atom stereocenters. The van der Waals surface area contributed by atoms with E-state index in [0.717, 1.165) is 18.6 Å². The fourth-order valence-corrected chi connectivity index (χ4v) is 2.11. The summed E-state index contributed by atoms with van der Waals surface area (Å²) in [6, 6.07) is 6.36. The monoisotopic (exact) mass is 279 g/mol. The first kappa shape index (κ1) is 17.0. The topological polar surface area (TPSA) is 55.5 Å². The van der Waals surface area contributed by atoms with Crippen LogP contribution >= 0.6 is 0 Å². The first-order valence-electron chi connectivity index (χ1n) is 7.29. The minimum Gasteiger partial charge on any atom is -0.493 e. The number of aliphatic hydroxyl groups excluding tert-OH is 1. The van der Waals surface area contributed by atoms with Crippen LogP contribution in [-0.2, 0) is 5.41 Å². The van der Waals surface area contributed by atoms with Crippen molar-refractivity contribution in [1.29, 1.82) is 0 Å². The molecule has 1 rings (SSSR count). The van der Waals surface area contributed by atoms with Crippen molar-refractivity contribution in [2.45, 2.75) is 58.4 Å². The Hall–Kier alpha value is -1.06. The van der Waals surface area contributed by atoms with Gasteiger partial charge >= 0.3 is 0 Å². The van der Waals surface area contributed by atoms with Crippen LogP contribution in [0.4, 0.5) is 0 Å². The molecular formula is C17H29NO2. The Labute approximate surface area is 123 Å². The molecule has 20 heavy (non-hydrogen) atoms. The van der Waals surface area contributed by atoms with Gasteiger partial charge in [-0.3, -0.25) is 0 Å². The molecule has 1 aromatic rings. The van der Waals surface area contributed by atoms with E-state index in [9.17, 15) is 0 Å². The molecular weight excluding hydrogens is 250 g/mol. The molecule has 3 nitrogen and oxygen atoms in total. The van der Waals surface area contributed by atoms with Crippen LogP contribution in [0, 0.1) is 6.92 Å². The van der Waals surface area contributed by atoms with Crippen LogP contribution in [0.15, 0.2) is 18.2 Å². The maximum Gasteiger partial charge on any atom is 0.123 e. The Morgan fingerprint density at radius 2 is 1.85 bits per heavy atom. The number of nitrogens with two attached hydrogens (primary N) is 1. The molecule has 1 unspecified atom stereocenters. The van der Waals surface area contributed by atoms with Gasteiger partial charge in [0.05, 0.1) is 13.2 Å². The molecule has 0 heterocycles. The molecule has 0 radical (unpaired) electrons. The first-order chi connectivity index (χ1) is 9.15. The Kier molecular flexibility index (Phi) is 5.60. The second-order valence-electron chi connectivity index (χ2n) is 7.01. The highest BCUT2D eigenvalue weighted by atomic mass is 16.5. The number of benzene rings is 1. The molecule has 0 fully saturated rings. The van der Waals surface area contributed by atoms with Gasteiger partial charge in [-0.1, -0.05) is 32.9 Å². The van der Waals surface area contributed by atoms with Gasteiger partial charge in [0.1, 0.15) is 5.75 Å². The van der Waals surface area contributed by atoms with Gasteiger partial charge in [-0.05, 0) is 49.3 Å². The zero-order chi connectivity index (χ0) is 15.4. The van der Waals surface area contributed by atoms with E-state index < -0.39 is 5.54 Å². The summed E-state index contributed by atoms with van der Waals surface area (Å²) in [4.78, 5) is 0. The largest absolute Gasteiger partial charge is 0.493 e. The second kappa shape index (κ2) is 6.59. The van der Waals surface area contributed by atoms with Gasteiger partial charge in [-0.25, -0.2) is 0 Å². The van der Waals surface area contributed by atoms with Crippen LogP contribution in [-0.4, -0.2) is 23.9 Å². The van der Waals surface area contributed by atoms with E-state index in [1.54, 1.807) is 0 Å². The maximum absolute atomic E-state index is 9.13. The van der Waals surface area contributed by atoms with Crippen molar-refractivity contribution in [3.63, 3.8) is 0 Å². The van der Waals surface area contributed by atoms with E-state index in [1.165, 1.54) is 11.1 Å². The molecule has 0 bridgehead atoms. The third-order valence-electron chi connectivity index (χ3n) is 3.46. The third-order valence-corrected chi connectivity index (χ3v) is 3.46. The lowest BCUT2D eigenvalue weighted by molar-refractivity contribution is 0.188. The van der Waals surface area contributed by atoms with E-state index in [1.807, 2.05) is 6.92 Å². The molecule has 3 N–H and O–H groups in total. The van der Waals surface area contributed by atoms with E-state index >= 15 is 0 Å². The number of ether oxygens (including phenoxy) is 1. The average Bonchev–Trinajstić information content (AvgIpc) is 2.33. The highest BCUT2D eigenvalue weighted by Gasteiger charge is 2.20. The third kappa shape index (κ3) is 5.14. The summed E-state index contributed by atoms with van der Waals surface area (Å²) in [5, 5.41) is 9.13. The molecule has 0 aliphatic carbocycles. The molecule has 0 aromatic heterocycles. The van der Waals surface area contributed by atoms with Crippen molar-refractivity contribution in [3.8, 4) is 5.75 Å². The molecule has 114 valence electrons. The zero-order valence-electron chi connectivity index (χ0n) is 13.5. The highest BCUT2D eigenvalue weighted by Crippen LogP contribution is 2.32. The number of rotatable bonds is 6. The molecule has 0 aliphatic rings. The first-order valence-corrected chi connectivity index (χ1v) is 7.29. The maximum atomic E-state index is 9.13. The van der Waals surface area contributed by atoms with Crippen LogP contribution < -0.4 is 10.5 Å². The van der Waals surface area contributed by atoms with Gasteiger partial charge in [0.2, 0.25) is 0 Å². The van der Waals surface area contributed by atoms with E-state index in [0.29, 0.717) is 6.61 Å². The van der Waals surface area contributed by atoms with E-state index in [2.05, 4.69) is 45.9 Å². The molecule has 0 spiro atoms. The van der Waals surface area contributed by atoms with E-state index in [-0.39, 0.29) is 12.0 Å². The summed E-state index contributed by atoms with van der Waals surface area (Å²) in [6.45, 7) is 11.1. The Morgan fingerprint density at radius 1 is 1.20 bits per heavy atom. The van der Waals surface area contributed by atoms with Gasteiger partial charge in [-0.2, -0.15) is 0 Å². The molecule has 0 amide bonds. The highest BCUT2D eigenvalue weighted by molar-refractivity contribution is 5.41. The van der Waals surface area contributed by atoms with Crippen molar-refractivity contribution in [2.24, 2.45) is 5.73 Å². The quantitative estimate of drug-likeness (QED) is 0.786. The van der Waals surface area contributed by atoms with Crippen molar-refractivity contribution >= 4 is 0 Å². The standard InChI is InChI=1S/C17H29NO2/c1-13-7-8-14(16(2,3)4)15(11-13)20-10-6-9-17(5,18)12-19/h7-8,11,19H,6,9-10,12,18H2,1-5H3. The van der Waals surface area contributed by atoms with Crippen LogP contribution in [0.25, 0.3) is 0 Å². The Bertz CT molecular complexity index is 433. The molecule has 0 aliphatic heterocycles. The summed E-state index contributed by atoms with van der Waals surface area (Å²) in [5.74, 6) is 0.959. The van der Waals surface area contributed by atoms with Crippen molar-refractivity contribution in [3.05, 3.63) is 29.3 Å². The molecule has 3 heteroatoms. The number of hydrogen-bond acceptors (Lipinski definition) is 3. The predicted molar refractivity (Wildman–Crippen MR) is 84.3 cm³/mol. The van der Waals surface area contributed by atoms with Crippen LogP contribution in [0.3, 0.4) is 0 Å². The van der Waals surface area contributed by atoms with Gasteiger partial charge in [0, 0.05) is 5.54 Å². The lowest BCUT2D eigenvalue weighted by Gasteiger charge is -2.24. The van der Waals surface area contributed by atoms with Crippen molar-refractivity contribution in [2.75, 3.05) is 13.2 Å². The molecule has 0 saturated heterocycles. The second-order valence-corrected chi connectivity index (χ2v) is 7.01. The SMILES string of the molecule is Cc1ccc(C(C)(C)C)c(OCCCC(C)(N)CO)c1. The van der Waals surface area contributed by atoms with Crippen molar-refractivity contribution < 1.29 is 9.84 Å². The Morgan fingerprint density at radius 3 is 2.40 bits per heavy atom. The van der Waals surface area contributed by atoms with Crippen molar-refractivity contribution in [1.82, 2.24) is 0 Å².